The third kappa shape index (κ3) is 2.72. The second kappa shape index (κ2) is 5.91. The van der Waals surface area contributed by atoms with Crippen LogP contribution < -0.4 is 9.47 Å². The minimum absolute atomic E-state index is 0.0806. The molecule has 0 aliphatic rings. The van der Waals surface area contributed by atoms with Crippen LogP contribution in [-0.2, 0) is 4.79 Å². The number of ether oxygens (including phenoxy) is 2. The fraction of sp³-hybridized carbons (Fsp3) is 0.417. The van der Waals surface area contributed by atoms with Gasteiger partial charge in [0.1, 0.15) is 12.0 Å². The summed E-state index contributed by atoms with van der Waals surface area (Å²) in [5.41, 5.74) is 0.575. The summed E-state index contributed by atoms with van der Waals surface area (Å²) in [4.78, 5) is 10.6. The van der Waals surface area contributed by atoms with Crippen molar-refractivity contribution in [3.05, 3.63) is 16.1 Å². The van der Waals surface area contributed by atoms with Crippen LogP contribution in [0.5, 0.6) is 17.2 Å². The van der Waals surface area contributed by atoms with Gasteiger partial charge in [-0.2, -0.15) is 0 Å². The molecule has 1 aromatic rings. The van der Waals surface area contributed by atoms with Crippen molar-refractivity contribution in [1.29, 1.82) is 0 Å². The molecule has 0 amide bonds. The average Bonchev–Trinajstić information content (AvgIpc) is 2.31. The lowest BCUT2D eigenvalue weighted by Gasteiger charge is -2.19. The number of carbonyl (C=O) groups excluding carboxylic acids is 1. The number of aromatic hydroxyl groups is 1. The van der Waals surface area contributed by atoms with E-state index >= 15 is 0 Å². The number of carbonyl (C=O) groups is 1. The molecule has 1 N–H and O–H groups in total. The minimum Gasteiger partial charge on any atom is -0.506 e. The molecule has 0 saturated heterocycles. The van der Waals surface area contributed by atoms with Gasteiger partial charge in [0.2, 0.25) is 0 Å². The number of phenols is 1. The van der Waals surface area contributed by atoms with E-state index in [1.807, 2.05) is 6.92 Å². The second-order valence-electron chi connectivity index (χ2n) is 3.66. The molecule has 0 fully saturated rings. The number of rotatable bonds is 5. The van der Waals surface area contributed by atoms with E-state index in [1.165, 1.54) is 14.2 Å². The van der Waals surface area contributed by atoms with Crippen molar-refractivity contribution < 1.29 is 19.4 Å². The normalized spacial score (nSPS) is 12.0. The van der Waals surface area contributed by atoms with Gasteiger partial charge < -0.3 is 19.4 Å². The Hall–Kier alpha value is -1.23. The molecular formula is C12H15BrO4. The van der Waals surface area contributed by atoms with E-state index in [2.05, 4.69) is 15.9 Å². The van der Waals surface area contributed by atoms with Crippen molar-refractivity contribution in [2.75, 3.05) is 14.2 Å². The number of methoxy groups -OCH3 is 2. The van der Waals surface area contributed by atoms with Crippen LogP contribution in [0, 0.1) is 0 Å². The molecule has 0 aliphatic carbocycles. The maximum atomic E-state index is 10.6. The van der Waals surface area contributed by atoms with Crippen LogP contribution in [0.1, 0.15) is 24.8 Å². The summed E-state index contributed by atoms with van der Waals surface area (Å²) in [6.45, 7) is 1.85. The predicted molar refractivity (Wildman–Crippen MR) is 68.0 cm³/mol. The monoisotopic (exact) mass is 302 g/mol. The highest BCUT2D eigenvalue weighted by Gasteiger charge is 2.22. The first kappa shape index (κ1) is 13.8. The Labute approximate surface area is 109 Å². The lowest BCUT2D eigenvalue weighted by molar-refractivity contribution is -0.108. The van der Waals surface area contributed by atoms with Crippen LogP contribution in [0.3, 0.4) is 0 Å². The largest absolute Gasteiger partial charge is 0.506 e. The smallest absolute Gasteiger partial charge is 0.167 e. The minimum atomic E-state index is -0.145. The quantitative estimate of drug-likeness (QED) is 0.850. The summed E-state index contributed by atoms with van der Waals surface area (Å²) in [7, 11) is 3.03. The lowest BCUT2D eigenvalue weighted by atomic mass is 9.96. The number of hydrogen-bond donors (Lipinski definition) is 1. The maximum absolute atomic E-state index is 10.6. The molecule has 4 nitrogen and oxygen atoms in total. The summed E-state index contributed by atoms with van der Waals surface area (Å²) in [6.07, 6.45) is 1.13. The summed E-state index contributed by atoms with van der Waals surface area (Å²) in [6, 6.07) is 1.63. The molecule has 0 aliphatic heterocycles. The number of benzene rings is 1. The molecule has 1 unspecified atom stereocenters. The van der Waals surface area contributed by atoms with E-state index in [1.54, 1.807) is 6.07 Å². The Morgan fingerprint density at radius 2 is 2.12 bits per heavy atom. The zero-order chi connectivity index (χ0) is 13.0. The van der Waals surface area contributed by atoms with Crippen molar-refractivity contribution >= 4 is 22.2 Å². The Balaban J connectivity index is 3.42. The third-order valence-electron chi connectivity index (χ3n) is 2.57. The topological polar surface area (TPSA) is 55.8 Å². The maximum Gasteiger partial charge on any atom is 0.167 e. The standard InChI is InChI=1S/C12H15BrO4/c1-7(4-5-14)10-11(15)8(13)6-9(16-2)12(10)17-3/h5-7,15H,4H2,1-3H3. The predicted octanol–water partition coefficient (Wildman–Crippen LogP) is 2.86. The summed E-state index contributed by atoms with van der Waals surface area (Å²) >= 11 is 3.25. The summed E-state index contributed by atoms with van der Waals surface area (Å²) < 4.78 is 11.0. The zero-order valence-corrected chi connectivity index (χ0v) is 11.6. The molecule has 0 heterocycles. The van der Waals surface area contributed by atoms with E-state index < -0.39 is 0 Å². The molecule has 94 valence electrons. The highest BCUT2D eigenvalue weighted by molar-refractivity contribution is 9.10. The van der Waals surface area contributed by atoms with Crippen molar-refractivity contribution in [1.82, 2.24) is 0 Å². The van der Waals surface area contributed by atoms with E-state index in [-0.39, 0.29) is 11.7 Å². The van der Waals surface area contributed by atoms with Crippen molar-refractivity contribution in [3.63, 3.8) is 0 Å². The SMILES string of the molecule is COc1cc(Br)c(O)c(C(C)CC=O)c1OC. The molecule has 5 heteroatoms. The lowest BCUT2D eigenvalue weighted by Crippen LogP contribution is -2.02. The first-order chi connectivity index (χ1) is 8.06. The first-order valence-electron chi connectivity index (χ1n) is 5.13. The van der Waals surface area contributed by atoms with Gasteiger partial charge in [-0.3, -0.25) is 0 Å². The molecule has 1 atom stereocenters. The highest BCUT2D eigenvalue weighted by Crippen LogP contribution is 2.46. The molecular weight excluding hydrogens is 288 g/mol. The first-order valence-corrected chi connectivity index (χ1v) is 5.93. The molecule has 0 saturated carbocycles. The number of halogens is 1. The van der Waals surface area contributed by atoms with Crippen LogP contribution in [0.15, 0.2) is 10.5 Å². The Kier molecular flexibility index (Phi) is 4.81. The second-order valence-corrected chi connectivity index (χ2v) is 4.51. The fourth-order valence-electron chi connectivity index (χ4n) is 1.70. The molecule has 17 heavy (non-hydrogen) atoms. The van der Waals surface area contributed by atoms with Crippen LogP contribution >= 0.6 is 15.9 Å². The molecule has 1 aromatic carbocycles. The van der Waals surface area contributed by atoms with E-state index in [9.17, 15) is 9.90 Å². The van der Waals surface area contributed by atoms with Crippen LogP contribution in [0.25, 0.3) is 0 Å². The number of phenolic OH excluding ortho intramolecular Hbond substituents is 1. The van der Waals surface area contributed by atoms with Crippen molar-refractivity contribution in [2.24, 2.45) is 0 Å². The van der Waals surface area contributed by atoms with E-state index in [4.69, 9.17) is 9.47 Å². The van der Waals surface area contributed by atoms with Gasteiger partial charge in [-0.1, -0.05) is 6.92 Å². The van der Waals surface area contributed by atoms with Gasteiger partial charge in [0.25, 0.3) is 0 Å². The van der Waals surface area contributed by atoms with Crippen LogP contribution in [0.2, 0.25) is 0 Å². The zero-order valence-electron chi connectivity index (χ0n) is 9.99. The van der Waals surface area contributed by atoms with Gasteiger partial charge >= 0.3 is 0 Å². The van der Waals surface area contributed by atoms with Gasteiger partial charge in [-0.15, -0.1) is 0 Å². The van der Waals surface area contributed by atoms with Crippen LogP contribution in [0.4, 0.5) is 0 Å². The number of aldehydes is 1. The highest BCUT2D eigenvalue weighted by atomic mass is 79.9. The van der Waals surface area contributed by atoms with Gasteiger partial charge in [-0.25, -0.2) is 0 Å². The molecule has 1 rings (SSSR count). The van der Waals surface area contributed by atoms with Gasteiger partial charge in [0, 0.05) is 18.1 Å². The Bertz CT molecular complexity index is 417. The molecule has 0 spiro atoms. The average molecular weight is 303 g/mol. The van der Waals surface area contributed by atoms with Crippen molar-refractivity contribution in [2.45, 2.75) is 19.3 Å². The Morgan fingerprint density at radius 1 is 1.47 bits per heavy atom. The fourth-order valence-corrected chi connectivity index (χ4v) is 2.12. The van der Waals surface area contributed by atoms with Crippen LogP contribution in [-0.4, -0.2) is 25.6 Å². The van der Waals surface area contributed by atoms with E-state index in [0.717, 1.165) is 6.29 Å². The Morgan fingerprint density at radius 3 is 2.59 bits per heavy atom. The molecule has 0 radical (unpaired) electrons. The van der Waals surface area contributed by atoms with E-state index in [0.29, 0.717) is 28.0 Å². The summed E-state index contributed by atoms with van der Waals surface area (Å²) in [5, 5.41) is 10.0. The van der Waals surface area contributed by atoms with Crippen molar-refractivity contribution in [3.8, 4) is 17.2 Å². The summed E-state index contributed by atoms with van der Waals surface area (Å²) in [5.74, 6) is 0.915. The molecule has 0 bridgehead atoms. The third-order valence-corrected chi connectivity index (χ3v) is 3.18. The number of hydrogen-bond acceptors (Lipinski definition) is 4. The van der Waals surface area contributed by atoms with Gasteiger partial charge in [-0.05, 0) is 21.8 Å². The van der Waals surface area contributed by atoms with Gasteiger partial charge in [0.05, 0.1) is 18.7 Å². The molecule has 0 aromatic heterocycles. The van der Waals surface area contributed by atoms with Gasteiger partial charge in [0.15, 0.2) is 11.5 Å².